The zero-order valence-corrected chi connectivity index (χ0v) is 12.3. The van der Waals surface area contributed by atoms with Crippen LogP contribution in [-0.2, 0) is 6.61 Å². The summed E-state index contributed by atoms with van der Waals surface area (Å²) in [4.78, 5) is 4.21. The van der Waals surface area contributed by atoms with Gasteiger partial charge in [-0.15, -0.1) is 0 Å². The first-order valence-corrected chi connectivity index (χ1v) is 6.46. The van der Waals surface area contributed by atoms with Gasteiger partial charge in [0.2, 0.25) is 0 Å². The van der Waals surface area contributed by atoms with E-state index in [2.05, 4.69) is 4.98 Å². The third-order valence-electron chi connectivity index (χ3n) is 2.82. The molecule has 0 bridgehead atoms. The van der Waals surface area contributed by atoms with Gasteiger partial charge in [-0.2, -0.15) is 5.26 Å². The molecule has 1 aromatic heterocycles. The van der Waals surface area contributed by atoms with Gasteiger partial charge < -0.3 is 14.2 Å². The number of pyridine rings is 1. The molecule has 0 aliphatic carbocycles. The zero-order valence-electron chi connectivity index (χ0n) is 11.6. The summed E-state index contributed by atoms with van der Waals surface area (Å²) in [5.41, 5.74) is 0.863. The van der Waals surface area contributed by atoms with Crippen LogP contribution in [0.25, 0.3) is 0 Å². The van der Waals surface area contributed by atoms with Crippen molar-refractivity contribution in [1.82, 2.24) is 4.98 Å². The number of nitrogens with zero attached hydrogens (tertiary/aromatic N) is 2. The minimum Gasteiger partial charge on any atom is -0.493 e. The highest BCUT2D eigenvalue weighted by Crippen LogP contribution is 2.31. The fourth-order valence-electron chi connectivity index (χ4n) is 1.83. The molecule has 0 spiro atoms. The standard InChI is InChI=1S/C15H13ClN2O3/c1-19-14-6-7-18-12(15(14)20-2)9-21-13-5-3-4-11(16)10(13)8-17/h3-7H,9H2,1-2H3. The lowest BCUT2D eigenvalue weighted by molar-refractivity contribution is 0.284. The molecule has 0 saturated carbocycles. The van der Waals surface area contributed by atoms with Crippen molar-refractivity contribution in [3.8, 4) is 23.3 Å². The molecule has 0 saturated heterocycles. The largest absolute Gasteiger partial charge is 0.493 e. The minimum atomic E-state index is 0.134. The maximum Gasteiger partial charge on any atom is 0.185 e. The van der Waals surface area contributed by atoms with E-state index in [0.717, 1.165) is 0 Å². The van der Waals surface area contributed by atoms with Crippen molar-refractivity contribution in [2.45, 2.75) is 6.61 Å². The number of aromatic nitrogens is 1. The fourth-order valence-corrected chi connectivity index (χ4v) is 2.04. The maximum absolute atomic E-state index is 9.10. The summed E-state index contributed by atoms with van der Waals surface area (Å²) in [7, 11) is 3.08. The molecule has 0 fully saturated rings. The molecule has 1 aromatic carbocycles. The predicted octanol–water partition coefficient (Wildman–Crippen LogP) is 3.20. The van der Waals surface area contributed by atoms with Crippen molar-refractivity contribution in [1.29, 1.82) is 5.26 Å². The van der Waals surface area contributed by atoms with Crippen LogP contribution in [0.2, 0.25) is 5.02 Å². The molecule has 0 radical (unpaired) electrons. The van der Waals surface area contributed by atoms with E-state index in [9.17, 15) is 0 Å². The molecule has 108 valence electrons. The number of halogens is 1. The maximum atomic E-state index is 9.10. The van der Waals surface area contributed by atoms with E-state index in [1.54, 1.807) is 37.6 Å². The number of nitriles is 1. The monoisotopic (exact) mass is 304 g/mol. The van der Waals surface area contributed by atoms with Gasteiger partial charge in [0.25, 0.3) is 0 Å². The quantitative estimate of drug-likeness (QED) is 0.848. The summed E-state index contributed by atoms with van der Waals surface area (Å²) in [6.07, 6.45) is 1.60. The van der Waals surface area contributed by atoms with E-state index >= 15 is 0 Å². The van der Waals surface area contributed by atoms with Crippen LogP contribution >= 0.6 is 11.6 Å². The van der Waals surface area contributed by atoms with E-state index in [1.807, 2.05) is 6.07 Å². The van der Waals surface area contributed by atoms with Gasteiger partial charge in [0.15, 0.2) is 11.5 Å². The number of ether oxygens (including phenoxy) is 3. The Labute approximate surface area is 127 Å². The molecule has 1 heterocycles. The van der Waals surface area contributed by atoms with Crippen molar-refractivity contribution < 1.29 is 14.2 Å². The summed E-state index contributed by atoms with van der Waals surface area (Å²) in [6, 6.07) is 8.75. The predicted molar refractivity (Wildman–Crippen MR) is 77.8 cm³/mol. The van der Waals surface area contributed by atoms with Crippen LogP contribution in [0, 0.1) is 11.3 Å². The lowest BCUT2D eigenvalue weighted by Gasteiger charge is -2.13. The number of hydrogen-bond donors (Lipinski definition) is 0. The molecule has 5 nitrogen and oxygen atoms in total. The number of hydrogen-bond acceptors (Lipinski definition) is 5. The first kappa shape index (κ1) is 14.9. The van der Waals surface area contributed by atoms with Crippen LogP contribution in [0.3, 0.4) is 0 Å². The molecular formula is C15H13ClN2O3. The van der Waals surface area contributed by atoms with Gasteiger partial charge in [0, 0.05) is 12.3 Å². The van der Waals surface area contributed by atoms with Crippen LogP contribution in [0.4, 0.5) is 0 Å². The number of benzene rings is 1. The normalized spacial score (nSPS) is 9.81. The first-order chi connectivity index (χ1) is 10.2. The van der Waals surface area contributed by atoms with Crippen LogP contribution < -0.4 is 14.2 Å². The van der Waals surface area contributed by atoms with Gasteiger partial charge >= 0.3 is 0 Å². The summed E-state index contributed by atoms with van der Waals surface area (Å²) < 4.78 is 16.1. The van der Waals surface area contributed by atoms with Crippen molar-refractivity contribution in [3.63, 3.8) is 0 Å². The van der Waals surface area contributed by atoms with Crippen molar-refractivity contribution in [2.75, 3.05) is 14.2 Å². The van der Waals surface area contributed by atoms with Gasteiger partial charge in [0.05, 0.1) is 19.2 Å². The second-order valence-corrected chi connectivity index (χ2v) is 4.41. The van der Waals surface area contributed by atoms with Crippen LogP contribution in [0.5, 0.6) is 17.2 Å². The van der Waals surface area contributed by atoms with E-state index in [0.29, 0.717) is 33.5 Å². The zero-order chi connectivity index (χ0) is 15.2. The summed E-state index contributed by atoms with van der Waals surface area (Å²) in [5.74, 6) is 1.47. The second kappa shape index (κ2) is 6.82. The van der Waals surface area contributed by atoms with Gasteiger partial charge in [-0.05, 0) is 12.1 Å². The molecule has 0 N–H and O–H groups in total. The Balaban J connectivity index is 2.25. The molecule has 6 heteroatoms. The molecule has 21 heavy (non-hydrogen) atoms. The summed E-state index contributed by atoms with van der Waals surface area (Å²) in [5, 5.41) is 9.45. The first-order valence-electron chi connectivity index (χ1n) is 6.08. The Bertz CT molecular complexity index is 683. The van der Waals surface area contributed by atoms with E-state index in [-0.39, 0.29) is 6.61 Å². The van der Waals surface area contributed by atoms with Crippen LogP contribution in [0.1, 0.15) is 11.3 Å². The van der Waals surface area contributed by atoms with Crippen LogP contribution in [0.15, 0.2) is 30.5 Å². The lowest BCUT2D eigenvalue weighted by atomic mass is 10.2. The van der Waals surface area contributed by atoms with Crippen molar-refractivity contribution in [2.24, 2.45) is 0 Å². The van der Waals surface area contributed by atoms with Crippen molar-refractivity contribution >= 4 is 11.6 Å². The highest BCUT2D eigenvalue weighted by Gasteiger charge is 2.13. The molecule has 0 aliphatic rings. The summed E-state index contributed by atoms with van der Waals surface area (Å²) >= 11 is 5.95. The van der Waals surface area contributed by atoms with Gasteiger partial charge in [-0.3, -0.25) is 4.98 Å². The highest BCUT2D eigenvalue weighted by molar-refractivity contribution is 6.31. The van der Waals surface area contributed by atoms with Gasteiger partial charge in [-0.25, -0.2) is 0 Å². The third kappa shape index (κ3) is 3.18. The minimum absolute atomic E-state index is 0.134. The van der Waals surface area contributed by atoms with Gasteiger partial charge in [-0.1, -0.05) is 17.7 Å². The highest BCUT2D eigenvalue weighted by atomic mass is 35.5. The topological polar surface area (TPSA) is 64.4 Å². The smallest absolute Gasteiger partial charge is 0.185 e. The Kier molecular flexibility index (Phi) is 4.85. The Morgan fingerprint density at radius 1 is 1.19 bits per heavy atom. The van der Waals surface area contributed by atoms with Crippen LogP contribution in [-0.4, -0.2) is 19.2 Å². The average Bonchev–Trinajstić information content (AvgIpc) is 2.52. The molecule has 0 aliphatic heterocycles. The van der Waals surface area contributed by atoms with Gasteiger partial charge in [0.1, 0.15) is 29.7 Å². The van der Waals surface area contributed by atoms with Crippen molar-refractivity contribution in [3.05, 3.63) is 46.7 Å². The summed E-state index contributed by atoms with van der Waals surface area (Å²) in [6.45, 7) is 0.134. The molecule has 2 rings (SSSR count). The Morgan fingerprint density at radius 2 is 2.00 bits per heavy atom. The SMILES string of the molecule is COc1ccnc(COc2cccc(Cl)c2C#N)c1OC. The van der Waals surface area contributed by atoms with E-state index < -0.39 is 0 Å². The molecular weight excluding hydrogens is 292 g/mol. The fraction of sp³-hybridized carbons (Fsp3) is 0.200. The van der Waals surface area contributed by atoms with E-state index in [1.165, 1.54) is 7.11 Å². The third-order valence-corrected chi connectivity index (χ3v) is 3.13. The number of methoxy groups -OCH3 is 2. The van der Waals surface area contributed by atoms with E-state index in [4.69, 9.17) is 31.1 Å². The lowest BCUT2D eigenvalue weighted by Crippen LogP contribution is -2.04. The average molecular weight is 305 g/mol. The Hall–Kier alpha value is -2.45. The molecule has 0 unspecified atom stereocenters. The molecule has 0 atom stereocenters. The Morgan fingerprint density at radius 3 is 2.67 bits per heavy atom. The second-order valence-electron chi connectivity index (χ2n) is 4.01. The molecule has 0 amide bonds. The molecule has 2 aromatic rings. The number of rotatable bonds is 5.